The van der Waals surface area contributed by atoms with Crippen LogP contribution in [0.2, 0.25) is 0 Å². The van der Waals surface area contributed by atoms with Gasteiger partial charge in [-0.15, -0.1) is 0 Å². The van der Waals surface area contributed by atoms with Crippen LogP contribution < -0.4 is 0 Å². The number of benzene rings is 2. The molecule has 2 atom stereocenters. The lowest BCUT2D eigenvalue weighted by molar-refractivity contribution is 0.680. The van der Waals surface area contributed by atoms with Crippen molar-refractivity contribution in [1.82, 2.24) is 9.97 Å². The largest absolute Gasteiger partial charge is 0.286 e. The van der Waals surface area contributed by atoms with Crippen molar-refractivity contribution >= 4 is 34.6 Å². The first-order chi connectivity index (χ1) is 22.3. The molecule has 0 radical (unpaired) electrons. The van der Waals surface area contributed by atoms with Gasteiger partial charge in [-0.2, -0.15) is 5.26 Å². The summed E-state index contributed by atoms with van der Waals surface area (Å²) in [5, 5.41) is 11.2. The zero-order chi connectivity index (χ0) is 32.5. The monoisotopic (exact) mass is 625 g/mol. The van der Waals surface area contributed by atoms with Gasteiger partial charge in [-0.1, -0.05) is 54.1 Å². The minimum absolute atomic E-state index is 0.0587. The van der Waals surface area contributed by atoms with Crippen LogP contribution in [0.1, 0.15) is 67.2 Å². The number of aromatic nitrogens is 2. The summed E-state index contributed by atoms with van der Waals surface area (Å²) in [6.07, 6.45) is 1.47. The number of thioether (sulfide) groups is 1. The number of pyridine rings is 2. The number of hydrogen-bond donors (Lipinski definition) is 0. The molecule has 2 aromatic heterocycles. The smallest absolute Gasteiger partial charge is 0.138 e. The summed E-state index contributed by atoms with van der Waals surface area (Å²) in [5.41, 5.74) is 10.3. The van der Waals surface area contributed by atoms with E-state index in [9.17, 15) is 0 Å². The SMILES string of the molecule is C/C1=N\C[C@H](Cc2ccc(SC#N)cc2)/N=C(\C)c2cccc(n2)/C(C)=N/C[C@H](Cc2ccc(C)cc2)/N=C(\C)c2cccc1n2. The highest BCUT2D eigenvalue weighted by Gasteiger charge is 2.15. The molecule has 0 spiro atoms. The highest BCUT2D eigenvalue weighted by atomic mass is 32.2. The van der Waals surface area contributed by atoms with E-state index in [0.717, 1.165) is 74.3 Å². The van der Waals surface area contributed by atoms with Crippen LogP contribution in [0, 0.1) is 17.6 Å². The maximum atomic E-state index is 9.02. The summed E-state index contributed by atoms with van der Waals surface area (Å²) >= 11 is 1.16. The molecule has 0 saturated heterocycles. The number of aliphatic imine (C=N–C) groups is 4. The Bertz CT molecular complexity index is 1830. The van der Waals surface area contributed by atoms with Gasteiger partial charge in [0.05, 0.1) is 70.8 Å². The topological polar surface area (TPSA) is 99.0 Å². The van der Waals surface area contributed by atoms with Gasteiger partial charge >= 0.3 is 0 Å². The number of nitriles is 1. The van der Waals surface area contributed by atoms with Crippen molar-refractivity contribution in [3.05, 3.63) is 124 Å². The molecule has 0 aliphatic carbocycles. The average molecular weight is 626 g/mol. The van der Waals surface area contributed by atoms with Gasteiger partial charge in [0.25, 0.3) is 0 Å². The first kappa shape index (κ1) is 32.6. The molecule has 2 aromatic carbocycles. The summed E-state index contributed by atoms with van der Waals surface area (Å²) in [6.45, 7) is 11.2. The molecule has 1 aliphatic heterocycles. The molecular weight excluding hydrogens is 587 g/mol. The van der Waals surface area contributed by atoms with Gasteiger partial charge in [0.1, 0.15) is 5.40 Å². The molecule has 0 amide bonds. The second-order valence-corrected chi connectivity index (χ2v) is 12.5. The third kappa shape index (κ3) is 8.92. The minimum Gasteiger partial charge on any atom is -0.286 e. The van der Waals surface area contributed by atoms with Crippen LogP contribution in [-0.4, -0.2) is 58.0 Å². The van der Waals surface area contributed by atoms with Crippen LogP contribution >= 0.6 is 11.8 Å². The Morgan fingerprint density at radius 2 is 1.00 bits per heavy atom. The van der Waals surface area contributed by atoms with Gasteiger partial charge in [-0.3, -0.25) is 20.0 Å². The Morgan fingerprint density at radius 1 is 0.587 bits per heavy atom. The van der Waals surface area contributed by atoms with Gasteiger partial charge < -0.3 is 0 Å². The number of fused-ring (bicyclic) bond motifs is 4. The van der Waals surface area contributed by atoms with E-state index in [0.29, 0.717) is 19.5 Å². The van der Waals surface area contributed by atoms with E-state index >= 15 is 0 Å². The number of aryl methyl sites for hydroxylation is 1. The Morgan fingerprint density at radius 3 is 1.43 bits per heavy atom. The number of rotatable bonds is 5. The zero-order valence-corrected chi connectivity index (χ0v) is 27.9. The van der Waals surface area contributed by atoms with Crippen molar-refractivity contribution in [1.29, 1.82) is 5.26 Å². The quantitative estimate of drug-likeness (QED) is 0.169. The lowest BCUT2D eigenvalue weighted by atomic mass is 10.0. The molecule has 7 nitrogen and oxygen atoms in total. The first-order valence-corrected chi connectivity index (χ1v) is 16.4. The molecular formula is C38H39N7S. The predicted octanol–water partition coefficient (Wildman–Crippen LogP) is 7.53. The van der Waals surface area contributed by atoms with Crippen LogP contribution in [0.5, 0.6) is 0 Å². The van der Waals surface area contributed by atoms with Crippen LogP contribution in [0.4, 0.5) is 0 Å². The van der Waals surface area contributed by atoms with Crippen LogP contribution in [0.15, 0.2) is 110 Å². The predicted molar refractivity (Wildman–Crippen MR) is 191 cm³/mol. The average Bonchev–Trinajstić information content (AvgIpc) is 3.07. The molecule has 1 aliphatic rings. The number of nitrogens with zero attached hydrogens (tertiary/aromatic N) is 7. The zero-order valence-electron chi connectivity index (χ0n) is 27.1. The number of thiocyanates is 1. The molecule has 232 valence electrons. The lowest BCUT2D eigenvalue weighted by Gasteiger charge is -2.15. The summed E-state index contributed by atoms with van der Waals surface area (Å²) in [5.74, 6) is 0. The third-order valence-electron chi connectivity index (χ3n) is 7.96. The van der Waals surface area contributed by atoms with Crippen molar-refractivity contribution in [3.63, 3.8) is 0 Å². The minimum atomic E-state index is -0.113. The number of hydrogen-bond acceptors (Lipinski definition) is 8. The molecule has 46 heavy (non-hydrogen) atoms. The maximum Gasteiger partial charge on any atom is 0.138 e. The van der Waals surface area contributed by atoms with Crippen molar-refractivity contribution < 1.29 is 0 Å². The molecule has 0 N–H and O–H groups in total. The fraction of sp³-hybridized carbons (Fsp3) is 0.289. The van der Waals surface area contributed by atoms with Crippen LogP contribution in [0.3, 0.4) is 0 Å². The Labute approximate surface area is 276 Å². The van der Waals surface area contributed by atoms with Crippen LogP contribution in [0.25, 0.3) is 0 Å². The van der Waals surface area contributed by atoms with E-state index in [-0.39, 0.29) is 12.1 Å². The highest BCUT2D eigenvalue weighted by Crippen LogP contribution is 2.19. The van der Waals surface area contributed by atoms with Gasteiger partial charge in [-0.05, 0) is 107 Å². The maximum absolute atomic E-state index is 9.02. The van der Waals surface area contributed by atoms with E-state index in [1.807, 2.05) is 76.2 Å². The fourth-order valence-corrected chi connectivity index (χ4v) is 5.70. The third-order valence-corrected chi connectivity index (χ3v) is 8.56. The van der Waals surface area contributed by atoms with Gasteiger partial charge in [-0.25, -0.2) is 9.97 Å². The molecule has 0 fully saturated rings. The second kappa shape index (κ2) is 15.5. The lowest BCUT2D eigenvalue weighted by Crippen LogP contribution is -2.19. The van der Waals surface area contributed by atoms with Crippen molar-refractivity contribution in [2.75, 3.05) is 13.1 Å². The summed E-state index contributed by atoms with van der Waals surface area (Å²) < 4.78 is 0. The summed E-state index contributed by atoms with van der Waals surface area (Å²) in [7, 11) is 0. The molecule has 3 heterocycles. The molecule has 4 aromatic rings. The van der Waals surface area contributed by atoms with Gasteiger partial charge in [0.15, 0.2) is 0 Å². The fourth-order valence-electron chi connectivity index (χ4n) is 5.32. The Hall–Kier alpha value is -4.74. The summed E-state index contributed by atoms with van der Waals surface area (Å²) in [4.78, 5) is 31.1. The molecule has 4 bridgehead atoms. The van der Waals surface area contributed by atoms with E-state index in [1.54, 1.807) is 0 Å². The van der Waals surface area contributed by atoms with Crippen molar-refractivity contribution in [3.8, 4) is 5.40 Å². The van der Waals surface area contributed by atoms with E-state index < -0.39 is 0 Å². The molecule has 0 unspecified atom stereocenters. The van der Waals surface area contributed by atoms with E-state index in [4.69, 9.17) is 35.2 Å². The van der Waals surface area contributed by atoms with Gasteiger partial charge in [0, 0.05) is 4.90 Å². The first-order valence-electron chi connectivity index (χ1n) is 15.5. The van der Waals surface area contributed by atoms with Crippen LogP contribution in [-0.2, 0) is 12.8 Å². The molecule has 5 rings (SSSR count). The Balaban J connectivity index is 1.53. The normalized spacial score (nSPS) is 21.9. The van der Waals surface area contributed by atoms with E-state index in [2.05, 4.69) is 48.7 Å². The molecule has 0 saturated carbocycles. The Kier molecular flexibility index (Phi) is 11.0. The second-order valence-electron chi connectivity index (χ2n) is 11.6. The van der Waals surface area contributed by atoms with Crippen molar-refractivity contribution in [2.45, 2.75) is 64.4 Å². The highest BCUT2D eigenvalue weighted by molar-refractivity contribution is 8.03. The van der Waals surface area contributed by atoms with Gasteiger partial charge in [0.2, 0.25) is 0 Å². The standard InChI is InChI=1S/C38H39N7S/c1-25-12-14-30(15-13-25)20-32-22-40-26(2)35-8-7-11-38(45-35)29(5)43-33(21-31-16-18-34(19-17-31)46-24-39)23-41-27(3)36-9-6-10-37(44-36)28(4)42-32/h6-19,32-33H,20-23H2,1-5H3/b40-26+,41-27+,42-28+,43-29+/t32-,33-/m0/s1. The molecule has 8 heteroatoms. The van der Waals surface area contributed by atoms with Crippen molar-refractivity contribution in [2.24, 2.45) is 20.0 Å². The van der Waals surface area contributed by atoms with E-state index in [1.165, 1.54) is 11.1 Å². The summed E-state index contributed by atoms with van der Waals surface area (Å²) in [6, 6.07) is 28.6.